The lowest BCUT2D eigenvalue weighted by Crippen LogP contribution is -2.59. The van der Waals surface area contributed by atoms with Crippen LogP contribution >= 0.6 is 0 Å². The first-order valence-electron chi connectivity index (χ1n) is 10.4. The third kappa shape index (κ3) is 7.09. The van der Waals surface area contributed by atoms with Crippen molar-refractivity contribution in [1.29, 1.82) is 0 Å². The van der Waals surface area contributed by atoms with Gasteiger partial charge in [0.25, 0.3) is 0 Å². The van der Waals surface area contributed by atoms with Crippen LogP contribution in [-0.2, 0) is 20.7 Å². The van der Waals surface area contributed by atoms with E-state index in [2.05, 4.69) is 11.9 Å². The van der Waals surface area contributed by atoms with Crippen molar-refractivity contribution in [2.24, 2.45) is 5.41 Å². The van der Waals surface area contributed by atoms with Crippen molar-refractivity contribution in [3.8, 4) is 5.75 Å². The van der Waals surface area contributed by atoms with Gasteiger partial charge in [0, 0.05) is 31.6 Å². The Morgan fingerprint density at radius 3 is 2.12 bits per heavy atom. The number of phenolic OH excluding ortho intramolecular Hbond substituents is 1. The summed E-state index contributed by atoms with van der Waals surface area (Å²) in [5.74, 6) is -2.31. The van der Waals surface area contributed by atoms with Gasteiger partial charge in [-0.3, -0.25) is 4.79 Å². The summed E-state index contributed by atoms with van der Waals surface area (Å²) >= 11 is 0. The van der Waals surface area contributed by atoms with E-state index < -0.39 is 17.6 Å². The van der Waals surface area contributed by atoms with Gasteiger partial charge in [-0.2, -0.15) is 13.2 Å². The van der Waals surface area contributed by atoms with Crippen LogP contribution < -0.4 is 0 Å². The molecule has 3 rings (SSSR count). The van der Waals surface area contributed by atoms with E-state index in [0.29, 0.717) is 26.1 Å². The molecule has 2 aliphatic rings. The molecule has 0 radical (unpaired) electrons. The number of carboxylic acids is 1. The Hall–Kier alpha value is -2.33. The fourth-order valence-corrected chi connectivity index (χ4v) is 3.97. The van der Waals surface area contributed by atoms with Gasteiger partial charge < -0.3 is 24.7 Å². The smallest absolute Gasteiger partial charge is 0.490 e. The Morgan fingerprint density at radius 1 is 1.09 bits per heavy atom. The molecular formula is C22H31F3N2O5. The SMILES string of the molecule is CN1CCC2(CC1)CN(C(=O)C(C)(C)Cc1ccc(O)cc1)CCO2.O=C(O)C(F)(F)F. The maximum absolute atomic E-state index is 13.2. The van der Waals surface area contributed by atoms with Crippen LogP contribution in [0.25, 0.3) is 0 Å². The molecule has 0 saturated carbocycles. The number of aliphatic carboxylic acids is 1. The number of morpholine rings is 1. The lowest BCUT2D eigenvalue weighted by Gasteiger charge is -2.48. The number of carboxylic acid groups (broad SMARTS) is 1. The van der Waals surface area contributed by atoms with Gasteiger partial charge >= 0.3 is 12.1 Å². The number of piperidine rings is 1. The van der Waals surface area contributed by atoms with Crippen LogP contribution in [0.5, 0.6) is 5.75 Å². The highest BCUT2D eigenvalue weighted by Gasteiger charge is 2.43. The predicted molar refractivity (Wildman–Crippen MR) is 111 cm³/mol. The van der Waals surface area contributed by atoms with Crippen molar-refractivity contribution in [3.63, 3.8) is 0 Å². The second-order valence-corrected chi connectivity index (χ2v) is 9.09. The summed E-state index contributed by atoms with van der Waals surface area (Å²) in [6, 6.07) is 7.14. The molecular weight excluding hydrogens is 429 g/mol. The van der Waals surface area contributed by atoms with E-state index in [1.807, 2.05) is 30.9 Å². The number of alkyl halides is 3. The number of rotatable bonds is 3. The molecule has 7 nitrogen and oxygen atoms in total. The van der Waals surface area contributed by atoms with Crippen LogP contribution in [0, 0.1) is 5.41 Å². The predicted octanol–water partition coefficient (Wildman–Crippen LogP) is 2.92. The zero-order chi connectivity index (χ0) is 24.2. The Balaban J connectivity index is 0.000000451. The van der Waals surface area contributed by atoms with Crippen molar-refractivity contribution < 1.29 is 37.7 Å². The summed E-state index contributed by atoms with van der Waals surface area (Å²) in [7, 11) is 2.14. The van der Waals surface area contributed by atoms with Crippen LogP contribution in [0.3, 0.4) is 0 Å². The molecule has 2 saturated heterocycles. The summed E-state index contributed by atoms with van der Waals surface area (Å²) in [5, 5.41) is 16.6. The molecule has 32 heavy (non-hydrogen) atoms. The molecule has 1 aromatic carbocycles. The number of hydrogen-bond acceptors (Lipinski definition) is 5. The molecule has 0 aliphatic carbocycles. The number of halogens is 3. The topological polar surface area (TPSA) is 90.3 Å². The number of amides is 1. The molecule has 0 bridgehead atoms. The minimum atomic E-state index is -5.08. The highest BCUT2D eigenvalue weighted by Crippen LogP contribution is 2.33. The third-order valence-corrected chi connectivity index (χ3v) is 5.84. The van der Waals surface area contributed by atoms with Gasteiger partial charge in [0.05, 0.1) is 12.2 Å². The number of likely N-dealkylation sites (tertiary alicyclic amines) is 1. The lowest BCUT2D eigenvalue weighted by molar-refractivity contribution is -0.192. The Labute approximate surface area is 185 Å². The van der Waals surface area contributed by atoms with E-state index >= 15 is 0 Å². The highest BCUT2D eigenvalue weighted by atomic mass is 19.4. The lowest BCUT2D eigenvalue weighted by atomic mass is 9.82. The number of aromatic hydroxyl groups is 1. The number of hydrogen-bond donors (Lipinski definition) is 2. The molecule has 0 unspecified atom stereocenters. The highest BCUT2D eigenvalue weighted by molar-refractivity contribution is 5.82. The molecule has 2 heterocycles. The molecule has 2 N–H and O–H groups in total. The molecule has 180 valence electrons. The Bertz CT molecular complexity index is 788. The van der Waals surface area contributed by atoms with E-state index in [1.54, 1.807) is 12.1 Å². The monoisotopic (exact) mass is 460 g/mol. The number of carbonyl (C=O) groups excluding carboxylic acids is 1. The molecule has 0 atom stereocenters. The number of phenols is 1. The fraction of sp³-hybridized carbons (Fsp3) is 0.636. The first kappa shape index (κ1) is 25.9. The van der Waals surface area contributed by atoms with Crippen LogP contribution in [0.2, 0.25) is 0 Å². The summed E-state index contributed by atoms with van der Waals surface area (Å²) < 4.78 is 37.9. The van der Waals surface area contributed by atoms with Gasteiger partial charge in [0.2, 0.25) is 5.91 Å². The normalized spacial score (nSPS) is 19.2. The Kier molecular flexibility index (Phi) is 8.17. The first-order chi connectivity index (χ1) is 14.7. The molecule has 2 fully saturated rings. The zero-order valence-corrected chi connectivity index (χ0v) is 18.6. The number of nitrogens with zero attached hydrogens (tertiary/aromatic N) is 2. The standard InChI is InChI=1S/C20H30N2O3.C2HF3O2/c1-19(2,14-16-4-6-17(23)7-5-16)18(24)22-12-13-25-20(15-22)8-10-21(3)11-9-20;3-2(4,5)1(6)7/h4-7,23H,8-15H2,1-3H3;(H,6,7). The van der Waals surface area contributed by atoms with Gasteiger partial charge in [-0.25, -0.2) is 4.79 Å². The zero-order valence-electron chi connectivity index (χ0n) is 18.6. The number of carbonyl (C=O) groups is 2. The van der Waals surface area contributed by atoms with Crippen LogP contribution in [0.4, 0.5) is 13.2 Å². The minimum absolute atomic E-state index is 0.158. The summed E-state index contributed by atoms with van der Waals surface area (Å²) in [6.07, 6.45) is -2.43. The number of ether oxygens (including phenoxy) is 1. The minimum Gasteiger partial charge on any atom is -0.508 e. The molecule has 1 amide bonds. The van der Waals surface area contributed by atoms with Gasteiger partial charge in [0.1, 0.15) is 5.75 Å². The van der Waals surface area contributed by atoms with E-state index in [-0.39, 0.29) is 17.3 Å². The van der Waals surface area contributed by atoms with E-state index in [4.69, 9.17) is 14.6 Å². The Morgan fingerprint density at radius 2 is 1.62 bits per heavy atom. The fourth-order valence-electron chi connectivity index (χ4n) is 3.97. The number of benzene rings is 1. The van der Waals surface area contributed by atoms with Crippen molar-refractivity contribution in [2.45, 2.75) is 44.9 Å². The van der Waals surface area contributed by atoms with Crippen molar-refractivity contribution in [2.75, 3.05) is 39.8 Å². The van der Waals surface area contributed by atoms with Crippen LogP contribution in [-0.4, -0.2) is 83.5 Å². The van der Waals surface area contributed by atoms with Crippen molar-refractivity contribution in [3.05, 3.63) is 29.8 Å². The molecule has 2 aliphatic heterocycles. The van der Waals surface area contributed by atoms with E-state index in [9.17, 15) is 23.1 Å². The van der Waals surface area contributed by atoms with E-state index in [0.717, 1.165) is 31.5 Å². The van der Waals surface area contributed by atoms with Crippen molar-refractivity contribution in [1.82, 2.24) is 9.80 Å². The first-order valence-corrected chi connectivity index (χ1v) is 10.4. The van der Waals surface area contributed by atoms with Gasteiger partial charge in [-0.1, -0.05) is 26.0 Å². The average Bonchev–Trinajstić information content (AvgIpc) is 2.71. The van der Waals surface area contributed by atoms with E-state index in [1.165, 1.54) is 0 Å². The maximum atomic E-state index is 13.2. The second-order valence-electron chi connectivity index (χ2n) is 9.09. The van der Waals surface area contributed by atoms with Crippen molar-refractivity contribution >= 4 is 11.9 Å². The van der Waals surface area contributed by atoms with Crippen LogP contribution in [0.15, 0.2) is 24.3 Å². The average molecular weight is 460 g/mol. The molecule has 1 aromatic rings. The second kappa shape index (κ2) is 10.1. The van der Waals surface area contributed by atoms with Gasteiger partial charge in [-0.05, 0) is 44.0 Å². The van der Waals surface area contributed by atoms with Crippen LogP contribution in [0.1, 0.15) is 32.3 Å². The maximum Gasteiger partial charge on any atom is 0.490 e. The largest absolute Gasteiger partial charge is 0.508 e. The summed E-state index contributed by atoms with van der Waals surface area (Å²) in [5.41, 5.74) is 0.439. The summed E-state index contributed by atoms with van der Waals surface area (Å²) in [4.78, 5) is 26.4. The molecule has 1 spiro atoms. The summed E-state index contributed by atoms with van der Waals surface area (Å²) in [6.45, 7) is 8.09. The van der Waals surface area contributed by atoms with Gasteiger partial charge in [0.15, 0.2) is 0 Å². The quantitative estimate of drug-likeness (QED) is 0.721. The third-order valence-electron chi connectivity index (χ3n) is 5.84. The molecule has 0 aromatic heterocycles. The van der Waals surface area contributed by atoms with Gasteiger partial charge in [-0.15, -0.1) is 0 Å². The molecule has 10 heteroatoms.